The van der Waals surface area contributed by atoms with Gasteiger partial charge in [0.15, 0.2) is 6.10 Å². The van der Waals surface area contributed by atoms with Crippen LogP contribution in [0, 0.1) is 13.8 Å². The molecule has 1 amide bonds. The van der Waals surface area contributed by atoms with Crippen LogP contribution in [0.1, 0.15) is 42.9 Å². The van der Waals surface area contributed by atoms with Gasteiger partial charge in [-0.15, -0.1) is 0 Å². The molecule has 0 saturated carbocycles. The lowest BCUT2D eigenvalue weighted by Gasteiger charge is -2.29. The third-order valence-electron chi connectivity index (χ3n) is 5.63. The Morgan fingerprint density at radius 3 is 2.50 bits per heavy atom. The molecule has 0 unspecified atom stereocenters. The molecule has 162 valence electrons. The molecule has 5 heteroatoms. The minimum absolute atomic E-state index is 0.0925. The Morgan fingerprint density at radius 2 is 1.83 bits per heavy atom. The van der Waals surface area contributed by atoms with Gasteiger partial charge < -0.3 is 19.7 Å². The Balaban J connectivity index is 1.50. The molecule has 3 rings (SSSR count). The maximum absolute atomic E-state index is 12.6. The van der Waals surface area contributed by atoms with E-state index < -0.39 is 6.10 Å². The van der Waals surface area contributed by atoms with Crippen LogP contribution in [0.15, 0.2) is 42.5 Å². The first-order valence-corrected chi connectivity index (χ1v) is 10.9. The lowest BCUT2D eigenvalue weighted by molar-refractivity contribution is -0.128. The fourth-order valence-corrected chi connectivity index (χ4v) is 3.59. The molecule has 0 aliphatic carbocycles. The molecular weight excluding hydrogens is 376 g/mol. The van der Waals surface area contributed by atoms with E-state index in [0.29, 0.717) is 19.1 Å². The molecule has 0 spiro atoms. The van der Waals surface area contributed by atoms with Gasteiger partial charge in [-0.25, -0.2) is 0 Å². The Bertz CT molecular complexity index is 827. The molecule has 2 aromatic rings. The van der Waals surface area contributed by atoms with Gasteiger partial charge in [-0.1, -0.05) is 31.2 Å². The van der Waals surface area contributed by atoms with Crippen molar-refractivity contribution in [2.75, 3.05) is 20.1 Å². The highest BCUT2D eigenvalue weighted by atomic mass is 16.5. The monoisotopic (exact) mass is 410 g/mol. The molecule has 2 aromatic carbocycles. The molecule has 0 aromatic heterocycles. The predicted molar refractivity (Wildman–Crippen MR) is 120 cm³/mol. The molecule has 0 bridgehead atoms. The molecule has 1 aliphatic rings. The molecule has 1 atom stereocenters. The number of hydrogen-bond donors (Lipinski definition) is 1. The lowest BCUT2D eigenvalue weighted by atomic mass is 10.1. The number of likely N-dealkylation sites (tertiary alicyclic amines) is 1. The number of carbonyl (C=O) groups excluding carboxylic acids is 1. The number of nitrogens with one attached hydrogen (secondary N) is 1. The molecule has 1 heterocycles. The smallest absolute Gasteiger partial charge is 0.261 e. The van der Waals surface area contributed by atoms with E-state index in [9.17, 15) is 4.79 Å². The average molecular weight is 411 g/mol. The molecule has 1 aliphatic heterocycles. The number of piperidine rings is 1. The van der Waals surface area contributed by atoms with Crippen LogP contribution in [-0.4, -0.2) is 43.2 Å². The van der Waals surface area contributed by atoms with Crippen LogP contribution in [0.3, 0.4) is 0 Å². The molecule has 0 radical (unpaired) electrons. The lowest BCUT2D eigenvalue weighted by Crippen LogP contribution is -2.37. The van der Waals surface area contributed by atoms with E-state index in [1.807, 2.05) is 63.2 Å². The first-order valence-electron chi connectivity index (χ1n) is 10.9. The van der Waals surface area contributed by atoms with Gasteiger partial charge in [0.2, 0.25) is 0 Å². The fraction of sp³-hybridized carbons (Fsp3) is 0.480. The Morgan fingerprint density at radius 1 is 1.13 bits per heavy atom. The number of ether oxygens (including phenoxy) is 2. The maximum atomic E-state index is 12.6. The normalized spacial score (nSPS) is 16.1. The number of hydrogen-bond acceptors (Lipinski definition) is 4. The minimum Gasteiger partial charge on any atom is -0.490 e. The van der Waals surface area contributed by atoms with Crippen LogP contribution < -0.4 is 14.8 Å². The second-order valence-electron chi connectivity index (χ2n) is 8.27. The summed E-state index contributed by atoms with van der Waals surface area (Å²) in [7, 11) is 2.15. The zero-order chi connectivity index (χ0) is 21.5. The van der Waals surface area contributed by atoms with Gasteiger partial charge in [-0.3, -0.25) is 4.79 Å². The summed E-state index contributed by atoms with van der Waals surface area (Å²) in [5, 5.41) is 3.00. The summed E-state index contributed by atoms with van der Waals surface area (Å²) in [5.74, 6) is 1.57. The van der Waals surface area contributed by atoms with Crippen molar-refractivity contribution in [1.82, 2.24) is 10.2 Å². The van der Waals surface area contributed by atoms with E-state index in [4.69, 9.17) is 9.47 Å². The van der Waals surface area contributed by atoms with Crippen molar-refractivity contribution in [2.24, 2.45) is 0 Å². The van der Waals surface area contributed by atoms with E-state index >= 15 is 0 Å². The zero-order valence-electron chi connectivity index (χ0n) is 18.6. The van der Waals surface area contributed by atoms with Gasteiger partial charge in [0.25, 0.3) is 5.91 Å². The van der Waals surface area contributed by atoms with Gasteiger partial charge in [-0.05, 0) is 75.0 Å². The third-order valence-corrected chi connectivity index (χ3v) is 5.63. The van der Waals surface area contributed by atoms with E-state index in [1.54, 1.807) is 0 Å². The van der Waals surface area contributed by atoms with E-state index in [1.165, 1.54) is 0 Å². The van der Waals surface area contributed by atoms with Crippen molar-refractivity contribution in [1.29, 1.82) is 0 Å². The van der Waals surface area contributed by atoms with Gasteiger partial charge in [0.1, 0.15) is 17.6 Å². The van der Waals surface area contributed by atoms with Gasteiger partial charge in [0.05, 0.1) is 0 Å². The fourth-order valence-electron chi connectivity index (χ4n) is 3.59. The standard InChI is InChI=1S/C25H34N2O3/c1-5-23(30-24-16-18(2)6-7-19(24)3)25(28)26-17-20-8-10-21(11-9-20)29-22-12-14-27(4)15-13-22/h6-11,16,22-23H,5,12-15,17H2,1-4H3,(H,26,28)/t23-/m1/s1. The molecule has 5 nitrogen and oxygen atoms in total. The predicted octanol–water partition coefficient (Wildman–Crippen LogP) is 4.25. The van der Waals surface area contributed by atoms with E-state index in [-0.39, 0.29) is 5.91 Å². The number of aryl methyl sites for hydroxylation is 2. The number of benzene rings is 2. The Kier molecular flexibility index (Phi) is 7.75. The number of nitrogens with zero attached hydrogens (tertiary/aromatic N) is 1. The largest absolute Gasteiger partial charge is 0.490 e. The molecule has 1 fully saturated rings. The highest BCUT2D eigenvalue weighted by molar-refractivity contribution is 5.81. The summed E-state index contributed by atoms with van der Waals surface area (Å²) in [4.78, 5) is 15.0. The van der Waals surface area contributed by atoms with Crippen molar-refractivity contribution in [3.8, 4) is 11.5 Å². The summed E-state index contributed by atoms with van der Waals surface area (Å²) >= 11 is 0. The second-order valence-corrected chi connectivity index (χ2v) is 8.27. The third kappa shape index (κ3) is 6.23. The number of rotatable bonds is 8. The summed E-state index contributed by atoms with van der Waals surface area (Å²) in [6, 6.07) is 14.0. The van der Waals surface area contributed by atoms with Crippen LogP contribution >= 0.6 is 0 Å². The van der Waals surface area contributed by atoms with Crippen molar-refractivity contribution < 1.29 is 14.3 Å². The Hall–Kier alpha value is -2.53. The summed E-state index contributed by atoms with van der Waals surface area (Å²) < 4.78 is 12.1. The van der Waals surface area contributed by atoms with Crippen molar-refractivity contribution >= 4 is 5.91 Å². The van der Waals surface area contributed by atoms with Crippen molar-refractivity contribution in [2.45, 2.75) is 58.8 Å². The molecule has 1 saturated heterocycles. The van der Waals surface area contributed by atoms with Crippen LogP contribution in [-0.2, 0) is 11.3 Å². The first-order chi connectivity index (χ1) is 14.4. The summed E-state index contributed by atoms with van der Waals surface area (Å²) in [6.45, 7) is 8.61. The van der Waals surface area contributed by atoms with E-state index in [0.717, 1.165) is 54.1 Å². The van der Waals surface area contributed by atoms with Crippen LogP contribution in [0.5, 0.6) is 11.5 Å². The average Bonchev–Trinajstić information content (AvgIpc) is 2.75. The van der Waals surface area contributed by atoms with Crippen LogP contribution in [0.2, 0.25) is 0 Å². The quantitative estimate of drug-likeness (QED) is 0.707. The van der Waals surface area contributed by atoms with Gasteiger partial charge >= 0.3 is 0 Å². The first kappa shape index (κ1) is 22.2. The highest BCUT2D eigenvalue weighted by Gasteiger charge is 2.20. The van der Waals surface area contributed by atoms with Crippen LogP contribution in [0.4, 0.5) is 0 Å². The maximum Gasteiger partial charge on any atom is 0.261 e. The van der Waals surface area contributed by atoms with Crippen molar-refractivity contribution in [3.05, 3.63) is 59.2 Å². The SMILES string of the molecule is CC[C@@H](Oc1cc(C)ccc1C)C(=O)NCc1ccc(OC2CCN(C)CC2)cc1. The molecule has 1 N–H and O–H groups in total. The summed E-state index contributed by atoms with van der Waals surface area (Å²) in [6.07, 6.45) is 2.53. The number of carbonyl (C=O) groups is 1. The zero-order valence-corrected chi connectivity index (χ0v) is 18.6. The van der Waals surface area contributed by atoms with Crippen LogP contribution in [0.25, 0.3) is 0 Å². The molecule has 30 heavy (non-hydrogen) atoms. The van der Waals surface area contributed by atoms with Gasteiger partial charge in [-0.2, -0.15) is 0 Å². The van der Waals surface area contributed by atoms with Gasteiger partial charge in [0, 0.05) is 19.6 Å². The minimum atomic E-state index is -0.502. The summed E-state index contributed by atoms with van der Waals surface area (Å²) in [5.41, 5.74) is 3.20. The van der Waals surface area contributed by atoms with Crippen molar-refractivity contribution in [3.63, 3.8) is 0 Å². The second kappa shape index (κ2) is 10.5. The number of amides is 1. The van der Waals surface area contributed by atoms with E-state index in [2.05, 4.69) is 17.3 Å². The Labute approximate surface area is 180 Å². The highest BCUT2D eigenvalue weighted by Crippen LogP contribution is 2.22. The molecular formula is C25H34N2O3. The topological polar surface area (TPSA) is 50.8 Å².